The molecule has 2 heterocycles. The SMILES string of the molecule is O=C(/C=C/c1ccc(Cl)c(Cl)c1)NCc1cc2c([nH]c3ccccc32)c(-c2cccc3ccccc23)n1. The lowest BCUT2D eigenvalue weighted by molar-refractivity contribution is -0.116. The van der Waals surface area contributed by atoms with Gasteiger partial charge in [0.1, 0.15) is 0 Å². The summed E-state index contributed by atoms with van der Waals surface area (Å²) < 4.78 is 0. The normalized spacial score (nSPS) is 11.6. The number of hydrogen-bond donors (Lipinski definition) is 2. The topological polar surface area (TPSA) is 57.8 Å². The number of aromatic nitrogens is 2. The van der Waals surface area contributed by atoms with Crippen molar-refractivity contribution in [3.05, 3.63) is 118 Å². The van der Waals surface area contributed by atoms with E-state index in [0.29, 0.717) is 10.0 Å². The maximum Gasteiger partial charge on any atom is 0.244 e. The van der Waals surface area contributed by atoms with Gasteiger partial charge in [0.05, 0.1) is 33.5 Å². The minimum absolute atomic E-state index is 0.224. The van der Waals surface area contributed by atoms with Gasteiger partial charge in [-0.25, -0.2) is 4.98 Å². The molecule has 6 rings (SSSR count). The molecule has 0 aliphatic carbocycles. The van der Waals surface area contributed by atoms with Crippen LogP contribution in [0.15, 0.2) is 97.1 Å². The van der Waals surface area contributed by atoms with E-state index >= 15 is 0 Å². The van der Waals surface area contributed by atoms with Gasteiger partial charge >= 0.3 is 0 Å². The van der Waals surface area contributed by atoms with Crippen molar-refractivity contribution < 1.29 is 4.79 Å². The van der Waals surface area contributed by atoms with Crippen molar-refractivity contribution in [1.29, 1.82) is 0 Å². The quantitative estimate of drug-likeness (QED) is 0.224. The predicted molar refractivity (Wildman–Crippen MR) is 154 cm³/mol. The average molecular weight is 522 g/mol. The molecule has 2 N–H and O–H groups in total. The predicted octanol–water partition coefficient (Wildman–Crippen LogP) is 8.17. The lowest BCUT2D eigenvalue weighted by atomic mass is 10.00. The molecule has 0 fully saturated rings. The highest BCUT2D eigenvalue weighted by Gasteiger charge is 2.15. The number of H-pyrrole nitrogens is 1. The zero-order chi connectivity index (χ0) is 25.4. The number of hydrogen-bond acceptors (Lipinski definition) is 2. The third kappa shape index (κ3) is 4.57. The first kappa shape index (κ1) is 23.3. The largest absolute Gasteiger partial charge is 0.353 e. The molecule has 0 saturated heterocycles. The Morgan fingerprint density at radius 1 is 0.838 bits per heavy atom. The van der Waals surface area contributed by atoms with Crippen LogP contribution in [0.1, 0.15) is 11.3 Å². The second kappa shape index (κ2) is 9.74. The standard InChI is InChI=1S/C31H21Cl2N3O/c32-26-14-12-19(16-27(26)33)13-15-29(37)34-18-21-17-25-23-9-3-4-11-28(23)36-31(25)30(35-21)24-10-5-7-20-6-1-2-8-22(20)24/h1-17,36H,18H2,(H,34,37)/b15-13+. The van der Waals surface area contributed by atoms with Crippen LogP contribution in [0.25, 0.3) is 49.9 Å². The Morgan fingerprint density at radius 3 is 2.49 bits per heavy atom. The number of pyridine rings is 1. The van der Waals surface area contributed by atoms with Crippen molar-refractivity contribution in [3.8, 4) is 11.3 Å². The number of amides is 1. The van der Waals surface area contributed by atoms with Crippen LogP contribution in [0.2, 0.25) is 10.0 Å². The molecule has 1 amide bonds. The first-order valence-corrected chi connectivity index (χ1v) is 12.6. The Balaban J connectivity index is 1.38. The van der Waals surface area contributed by atoms with E-state index in [1.807, 2.05) is 30.3 Å². The average Bonchev–Trinajstić information content (AvgIpc) is 3.30. The van der Waals surface area contributed by atoms with Crippen molar-refractivity contribution >= 4 is 67.8 Å². The van der Waals surface area contributed by atoms with Gasteiger partial charge in [-0.05, 0) is 46.7 Å². The monoisotopic (exact) mass is 521 g/mol. The molecule has 6 aromatic rings. The molecule has 0 radical (unpaired) electrons. The number of benzene rings is 4. The number of aromatic amines is 1. The first-order valence-electron chi connectivity index (χ1n) is 11.9. The Morgan fingerprint density at radius 2 is 1.62 bits per heavy atom. The molecule has 37 heavy (non-hydrogen) atoms. The molecular weight excluding hydrogens is 501 g/mol. The van der Waals surface area contributed by atoms with E-state index in [4.69, 9.17) is 28.2 Å². The van der Waals surface area contributed by atoms with Crippen LogP contribution in [0, 0.1) is 0 Å². The minimum Gasteiger partial charge on any atom is -0.353 e. The van der Waals surface area contributed by atoms with Crippen LogP contribution in [0.3, 0.4) is 0 Å². The van der Waals surface area contributed by atoms with Gasteiger partial charge in [-0.2, -0.15) is 0 Å². The molecule has 4 aromatic carbocycles. The Labute approximate surface area is 223 Å². The van der Waals surface area contributed by atoms with E-state index < -0.39 is 0 Å². The second-order valence-electron chi connectivity index (χ2n) is 8.81. The van der Waals surface area contributed by atoms with Gasteiger partial charge in [-0.15, -0.1) is 0 Å². The third-order valence-corrected chi connectivity index (χ3v) is 7.15. The second-order valence-corrected chi connectivity index (χ2v) is 9.62. The van der Waals surface area contributed by atoms with E-state index in [9.17, 15) is 4.79 Å². The van der Waals surface area contributed by atoms with Crippen LogP contribution in [0.4, 0.5) is 0 Å². The molecule has 2 aromatic heterocycles. The fourth-order valence-corrected chi connectivity index (χ4v) is 4.95. The summed E-state index contributed by atoms with van der Waals surface area (Å²) in [5, 5.41) is 8.35. The van der Waals surface area contributed by atoms with E-state index in [1.54, 1.807) is 24.3 Å². The number of nitrogens with one attached hydrogen (secondary N) is 2. The summed E-state index contributed by atoms with van der Waals surface area (Å²) in [7, 11) is 0. The maximum atomic E-state index is 12.6. The highest BCUT2D eigenvalue weighted by atomic mass is 35.5. The van der Waals surface area contributed by atoms with Gasteiger partial charge in [-0.3, -0.25) is 4.79 Å². The van der Waals surface area contributed by atoms with E-state index in [1.165, 1.54) is 6.08 Å². The summed E-state index contributed by atoms with van der Waals surface area (Å²) in [6.45, 7) is 0.289. The Bertz CT molecular complexity index is 1830. The van der Waals surface area contributed by atoms with E-state index in [0.717, 1.165) is 55.1 Å². The smallest absolute Gasteiger partial charge is 0.244 e. The van der Waals surface area contributed by atoms with Crippen molar-refractivity contribution in [2.24, 2.45) is 0 Å². The molecule has 0 saturated carbocycles. The fraction of sp³-hybridized carbons (Fsp3) is 0.0323. The molecule has 0 atom stereocenters. The maximum absolute atomic E-state index is 12.6. The van der Waals surface area contributed by atoms with Crippen molar-refractivity contribution in [2.45, 2.75) is 6.54 Å². The third-order valence-electron chi connectivity index (χ3n) is 6.41. The molecule has 0 aliphatic heterocycles. The summed E-state index contributed by atoms with van der Waals surface area (Å²) in [5.74, 6) is -0.224. The number of halogens is 2. The van der Waals surface area contributed by atoms with Crippen molar-refractivity contribution in [1.82, 2.24) is 15.3 Å². The summed E-state index contributed by atoms with van der Waals surface area (Å²) in [6.07, 6.45) is 3.19. The molecule has 4 nitrogen and oxygen atoms in total. The zero-order valence-electron chi connectivity index (χ0n) is 19.6. The zero-order valence-corrected chi connectivity index (χ0v) is 21.1. The molecule has 0 aliphatic rings. The van der Waals surface area contributed by atoms with Crippen molar-refractivity contribution in [3.63, 3.8) is 0 Å². The van der Waals surface area contributed by atoms with E-state index in [-0.39, 0.29) is 12.5 Å². The highest BCUT2D eigenvalue weighted by molar-refractivity contribution is 6.42. The van der Waals surface area contributed by atoms with Crippen LogP contribution < -0.4 is 5.32 Å². The van der Waals surface area contributed by atoms with Gasteiger partial charge in [0.25, 0.3) is 0 Å². The molecule has 6 heteroatoms. The molecule has 0 bridgehead atoms. The summed E-state index contributed by atoms with van der Waals surface area (Å²) >= 11 is 12.0. The van der Waals surface area contributed by atoms with Crippen LogP contribution in [-0.2, 0) is 11.3 Å². The lowest BCUT2D eigenvalue weighted by Crippen LogP contribution is -2.21. The summed E-state index contributed by atoms with van der Waals surface area (Å²) in [6, 6.07) is 30.0. The summed E-state index contributed by atoms with van der Waals surface area (Å²) in [4.78, 5) is 21.2. The Hall–Kier alpha value is -4.12. The first-order chi connectivity index (χ1) is 18.1. The highest BCUT2D eigenvalue weighted by Crippen LogP contribution is 2.35. The fourth-order valence-electron chi connectivity index (χ4n) is 4.64. The van der Waals surface area contributed by atoms with Crippen LogP contribution in [0.5, 0.6) is 0 Å². The van der Waals surface area contributed by atoms with Gasteiger partial charge < -0.3 is 10.3 Å². The van der Waals surface area contributed by atoms with E-state index in [2.05, 4.69) is 52.8 Å². The number of carbonyl (C=O) groups is 1. The van der Waals surface area contributed by atoms with Gasteiger partial charge in [0.15, 0.2) is 0 Å². The number of para-hydroxylation sites is 1. The number of fused-ring (bicyclic) bond motifs is 4. The summed E-state index contributed by atoms with van der Waals surface area (Å²) in [5.41, 5.74) is 5.50. The molecule has 0 spiro atoms. The lowest BCUT2D eigenvalue weighted by Gasteiger charge is -2.11. The van der Waals surface area contributed by atoms with Crippen LogP contribution in [-0.4, -0.2) is 15.9 Å². The number of rotatable bonds is 5. The van der Waals surface area contributed by atoms with Crippen molar-refractivity contribution in [2.75, 3.05) is 0 Å². The van der Waals surface area contributed by atoms with Gasteiger partial charge in [0, 0.05) is 27.9 Å². The Kier molecular flexibility index (Phi) is 6.13. The molecular formula is C31H21Cl2N3O. The van der Waals surface area contributed by atoms with Gasteiger partial charge in [0.2, 0.25) is 5.91 Å². The number of carbonyl (C=O) groups excluding carboxylic acids is 1. The molecule has 0 unspecified atom stereocenters. The molecule has 180 valence electrons. The number of nitrogens with zero attached hydrogens (tertiary/aromatic N) is 1. The van der Waals surface area contributed by atoms with Crippen LogP contribution >= 0.6 is 23.2 Å². The minimum atomic E-state index is -0.224. The van der Waals surface area contributed by atoms with Gasteiger partial charge in [-0.1, -0.05) is 89.9 Å².